The van der Waals surface area contributed by atoms with E-state index in [1.807, 2.05) is 132 Å². The molecule has 6 heteroatoms. The second kappa shape index (κ2) is 19.9. The predicted octanol–water partition coefficient (Wildman–Crippen LogP) is 22.5. The van der Waals surface area contributed by atoms with E-state index in [0.717, 1.165) is 89.9 Å². The molecule has 0 saturated carbocycles. The van der Waals surface area contributed by atoms with E-state index in [9.17, 15) is 17.8 Å². The average Bonchev–Trinajstić information content (AvgIpc) is 1.15. The zero-order valence-corrected chi connectivity index (χ0v) is 52.0. The Morgan fingerprint density at radius 2 is 1.18 bits per heavy atom. The maximum absolute atomic E-state index is 10.6. The normalized spacial score (nSPS) is 20.6. The summed E-state index contributed by atoms with van der Waals surface area (Å²) in [6.07, 6.45) is -1.65. The van der Waals surface area contributed by atoms with Crippen LogP contribution in [0.5, 0.6) is 11.5 Å². The number of furan rings is 1. The van der Waals surface area contributed by atoms with Crippen molar-refractivity contribution in [3.05, 3.63) is 247 Å². The van der Waals surface area contributed by atoms with Crippen LogP contribution in [-0.4, -0.2) is 14.1 Å². The summed E-state index contributed by atoms with van der Waals surface area (Å²) in [7, 11) is 0. The highest BCUT2D eigenvalue weighted by Gasteiger charge is 2.40. The number of ether oxygens (including phenoxy) is 1. The predicted molar refractivity (Wildman–Crippen MR) is 380 cm³/mol. The molecule has 2 aliphatic carbocycles. The van der Waals surface area contributed by atoms with Crippen LogP contribution in [0.3, 0.4) is 0 Å². The number of hydrogen-bond acceptors (Lipinski definition) is 3. The van der Waals surface area contributed by atoms with Gasteiger partial charge in [-0.2, -0.15) is 0 Å². The fraction of sp³-hybridized carbons (Fsp3) is 0.233. The number of nitrogens with zero attached hydrogens (tertiary/aromatic N) is 4. The minimum Gasteiger partial charge on any atom is -0.458 e. The van der Waals surface area contributed by atoms with Crippen LogP contribution in [-0.2, 0) is 27.1 Å². The van der Waals surface area contributed by atoms with Crippen LogP contribution in [0.1, 0.15) is 155 Å². The van der Waals surface area contributed by atoms with Crippen molar-refractivity contribution in [2.75, 3.05) is 0 Å². The van der Waals surface area contributed by atoms with E-state index < -0.39 is 85.8 Å². The molecular weight excluding hydrogens is 1120 g/mol. The van der Waals surface area contributed by atoms with Crippen LogP contribution >= 0.6 is 0 Å². The van der Waals surface area contributed by atoms with Crippen molar-refractivity contribution in [1.82, 2.24) is 14.1 Å². The second-order valence-corrected chi connectivity index (χ2v) is 27.5. The van der Waals surface area contributed by atoms with E-state index in [2.05, 4.69) is 102 Å². The monoisotopic (exact) mass is 1220 g/mol. The van der Waals surface area contributed by atoms with Gasteiger partial charge in [-0.25, -0.2) is 4.98 Å². The molecule has 0 unspecified atom stereocenters. The molecule has 92 heavy (non-hydrogen) atoms. The van der Waals surface area contributed by atoms with Gasteiger partial charge in [-0.3, -0.25) is 13.7 Å². The maximum atomic E-state index is 10.6. The molecule has 0 bridgehead atoms. The van der Waals surface area contributed by atoms with Crippen LogP contribution in [0.2, 0.25) is 0 Å². The SMILES string of the molecule is [2H]c1c([2H])c2c(c([2H])c1-c1cc3c4c(c1)n(-c1cccc(Oc5ccc6c7ccccc7n(-c7cc(C(C)(C)C)ccn7)c6c5)c1)[c-][n+]4-c1c(-c4ccc5oc6ccccc6c5c4)cccc1-c1cc4c(cc1-c1ccccc1-3)C(C)(C)CCC4(C)C)C(C([2H])([2H])[2H])(C([2H])([2H])[2H])C([2H])([2H])C([2H])([2H])C2(C([2H])([2H])[2H])C([2H])([2H])[2H]. The lowest BCUT2D eigenvalue weighted by Crippen LogP contribution is -2.34. The molecule has 5 heterocycles. The first-order chi connectivity index (χ1) is 52.0. The summed E-state index contributed by atoms with van der Waals surface area (Å²) in [5.41, 5.74) is 0.531. The molecule has 0 fully saturated rings. The molecular formula is C86H76N4O2. The van der Waals surface area contributed by atoms with Crippen molar-refractivity contribution in [3.8, 4) is 84.3 Å². The zero-order chi connectivity index (χ0) is 79.2. The lowest BCUT2D eigenvalue weighted by atomic mass is 9.62. The van der Waals surface area contributed by atoms with Gasteiger partial charge in [0.2, 0.25) is 0 Å². The van der Waals surface area contributed by atoms with Gasteiger partial charge in [0.1, 0.15) is 28.5 Å². The van der Waals surface area contributed by atoms with Crippen LogP contribution in [0.25, 0.3) is 128 Å². The Bertz CT molecular complexity index is 6290. The van der Waals surface area contributed by atoms with Crippen molar-refractivity contribution in [2.24, 2.45) is 0 Å². The number of fused-ring (bicyclic) bond motifs is 15. The van der Waals surface area contributed by atoms with Crippen molar-refractivity contribution in [2.45, 2.75) is 129 Å². The minimum atomic E-state index is -4.54. The summed E-state index contributed by atoms with van der Waals surface area (Å²) in [5, 5.41) is 3.72. The van der Waals surface area contributed by atoms with Crippen molar-refractivity contribution < 1.29 is 39.8 Å². The first-order valence-electron chi connectivity index (χ1n) is 40.8. The molecule has 14 aromatic rings. The van der Waals surface area contributed by atoms with Crippen molar-refractivity contribution >= 4 is 54.8 Å². The third-order valence-electron chi connectivity index (χ3n) is 19.6. The smallest absolute Gasteiger partial charge is 0.269 e. The maximum Gasteiger partial charge on any atom is 0.269 e. The molecule has 6 nitrogen and oxygen atoms in total. The first kappa shape index (κ1) is 39.5. The number of rotatable bonds is 6. The molecule has 0 N–H and O–H groups in total. The Balaban J connectivity index is 1.01. The minimum absolute atomic E-state index is 0.178. The number of hydrogen-bond donors (Lipinski definition) is 0. The number of pyridine rings is 1. The fourth-order valence-corrected chi connectivity index (χ4v) is 14.6. The van der Waals surface area contributed by atoms with Gasteiger partial charge in [0, 0.05) is 55.7 Å². The third-order valence-corrected chi connectivity index (χ3v) is 19.6. The molecule has 0 saturated heterocycles. The Labute approximate surface area is 566 Å². The summed E-state index contributed by atoms with van der Waals surface area (Å²) >= 11 is 0. The topological polar surface area (TPSA) is 49.0 Å². The standard InChI is InChI=1S/C86H76N4O2/c1-82(2,3)55-36-41-87-79(46-55)90-74-28-16-14-24-62(74)63-33-32-58(48-75(63)90)91-57-21-18-20-56(47-57)88-51-89-80-59(53-31-35-78-68(42-53)64-25-15-17-29-77(64)92-78)26-19-27-65(80)67-50-73-72(85(8,9)39-40-86(73,10)11)49-66(67)60-22-12-13-23-61(60)69-43-54(45-76(88)81(69)89)52-30-34-70-71(44-52)84(6,7)38-37-83(70,4)5/h12-36,41-50H,37-40H2,1-11H3/i4D3,5D3,6D3,7D3,30D,34D,37D2,38D2,44D. The van der Waals surface area contributed by atoms with E-state index in [4.69, 9.17) is 22.4 Å². The zero-order valence-electron chi connectivity index (χ0n) is 71.0. The van der Waals surface area contributed by atoms with Crippen molar-refractivity contribution in [3.63, 3.8) is 0 Å². The highest BCUT2D eigenvalue weighted by molar-refractivity contribution is 6.10. The summed E-state index contributed by atoms with van der Waals surface area (Å²) in [5.74, 6) is 1.55. The van der Waals surface area contributed by atoms with Gasteiger partial charge in [0.25, 0.3) is 6.33 Å². The van der Waals surface area contributed by atoms with Gasteiger partial charge in [-0.1, -0.05) is 197 Å². The number of benzene rings is 10. The molecule has 452 valence electrons. The first-order valence-corrected chi connectivity index (χ1v) is 31.3. The highest BCUT2D eigenvalue weighted by atomic mass is 16.5. The van der Waals surface area contributed by atoms with E-state index in [1.165, 1.54) is 0 Å². The lowest BCUT2D eigenvalue weighted by Gasteiger charge is -2.42. The van der Waals surface area contributed by atoms with Crippen LogP contribution in [0.4, 0.5) is 0 Å². The Hall–Kier alpha value is -9.78. The van der Waals surface area contributed by atoms with Gasteiger partial charge < -0.3 is 9.15 Å². The summed E-state index contributed by atoms with van der Waals surface area (Å²) in [6.45, 7) is -1.57. The Morgan fingerprint density at radius 3 is 1.97 bits per heavy atom. The molecule has 0 atom stereocenters. The third kappa shape index (κ3) is 8.72. The Morgan fingerprint density at radius 1 is 0.522 bits per heavy atom. The molecule has 3 aliphatic rings. The molecule has 0 spiro atoms. The summed E-state index contributed by atoms with van der Waals surface area (Å²) in [4.78, 5) is 4.91. The molecule has 10 aromatic carbocycles. The number of imidazole rings is 1. The van der Waals surface area contributed by atoms with Gasteiger partial charge in [-0.05, 0) is 215 Å². The summed E-state index contributed by atoms with van der Waals surface area (Å²) < 4.78 is 199. The molecule has 0 amide bonds. The fourth-order valence-electron chi connectivity index (χ4n) is 14.6. The van der Waals surface area contributed by atoms with Crippen molar-refractivity contribution in [1.29, 1.82) is 0 Å². The van der Waals surface area contributed by atoms with Crippen LogP contribution < -0.4 is 9.30 Å². The van der Waals surface area contributed by atoms with E-state index >= 15 is 0 Å². The van der Waals surface area contributed by atoms with E-state index in [1.54, 1.807) is 28.8 Å². The van der Waals surface area contributed by atoms with Gasteiger partial charge >= 0.3 is 0 Å². The quantitative estimate of drug-likeness (QED) is 0.123. The van der Waals surface area contributed by atoms with Crippen LogP contribution in [0.15, 0.2) is 217 Å². The lowest BCUT2D eigenvalue weighted by molar-refractivity contribution is -0.570. The van der Waals surface area contributed by atoms with E-state index in [-0.39, 0.29) is 27.3 Å². The van der Waals surface area contributed by atoms with E-state index in [0.29, 0.717) is 62.1 Å². The molecule has 4 aromatic heterocycles. The number of aromatic nitrogens is 4. The second-order valence-electron chi connectivity index (χ2n) is 27.5. The molecule has 1 aliphatic heterocycles. The van der Waals surface area contributed by atoms with Crippen LogP contribution in [0, 0.1) is 6.33 Å². The summed E-state index contributed by atoms with van der Waals surface area (Å²) in [6, 6.07) is 57.0. The average molecular weight is 1220 g/mol. The number of para-hydroxylation sites is 3. The Kier molecular flexibility index (Phi) is 8.52. The van der Waals surface area contributed by atoms with Gasteiger partial charge in [0.15, 0.2) is 0 Å². The largest absolute Gasteiger partial charge is 0.458 e. The molecule has 0 radical (unpaired) electrons. The van der Waals surface area contributed by atoms with Gasteiger partial charge in [-0.15, -0.1) is 0 Å². The molecule has 17 rings (SSSR count). The van der Waals surface area contributed by atoms with Gasteiger partial charge in [0.05, 0.1) is 37.6 Å². The highest BCUT2D eigenvalue weighted by Crippen LogP contribution is 2.54.